The van der Waals surface area contributed by atoms with Crippen molar-refractivity contribution >= 4 is 11.6 Å². The molecule has 0 saturated heterocycles. The fourth-order valence-electron chi connectivity index (χ4n) is 1.92. The number of aromatic nitrogens is 2. The van der Waals surface area contributed by atoms with Crippen LogP contribution in [-0.4, -0.2) is 23.3 Å². The minimum Gasteiger partial charge on any atom is -0.383 e. The minimum absolute atomic E-state index is 0.254. The molecule has 0 aliphatic rings. The van der Waals surface area contributed by atoms with Crippen molar-refractivity contribution in [2.24, 2.45) is 0 Å². The topological polar surface area (TPSA) is 39.1 Å². The van der Waals surface area contributed by atoms with Crippen molar-refractivity contribution in [2.45, 2.75) is 19.9 Å². The van der Waals surface area contributed by atoms with E-state index in [1.165, 1.54) is 5.56 Å². The van der Waals surface area contributed by atoms with Gasteiger partial charge in [-0.1, -0.05) is 18.2 Å². The van der Waals surface area contributed by atoms with Crippen LogP contribution in [0.1, 0.15) is 18.5 Å². The molecule has 1 heterocycles. The Morgan fingerprint density at radius 1 is 1.39 bits per heavy atom. The molecule has 2 aromatic rings. The zero-order chi connectivity index (χ0) is 13.0. The van der Waals surface area contributed by atoms with Gasteiger partial charge in [-0.05, 0) is 25.5 Å². The van der Waals surface area contributed by atoms with Gasteiger partial charge in [0.2, 0.25) is 5.95 Å². The molecule has 0 bridgehead atoms. The van der Waals surface area contributed by atoms with E-state index in [0.29, 0.717) is 6.61 Å². The fraction of sp³-hybridized carbons (Fsp3) is 0.357. The van der Waals surface area contributed by atoms with Crippen LogP contribution < -0.4 is 5.32 Å². The summed E-state index contributed by atoms with van der Waals surface area (Å²) < 4.78 is 7.26. The van der Waals surface area contributed by atoms with Crippen LogP contribution in [0.4, 0.5) is 11.6 Å². The second-order valence-electron chi connectivity index (χ2n) is 4.40. The van der Waals surface area contributed by atoms with Crippen molar-refractivity contribution in [3.63, 3.8) is 0 Å². The molecule has 0 spiro atoms. The number of aryl methyl sites for hydroxylation is 1. The van der Waals surface area contributed by atoms with Crippen LogP contribution >= 0.6 is 0 Å². The highest BCUT2D eigenvalue weighted by Gasteiger charge is 2.10. The van der Waals surface area contributed by atoms with Gasteiger partial charge in [-0.3, -0.25) is 0 Å². The first kappa shape index (κ1) is 12.6. The van der Waals surface area contributed by atoms with Crippen LogP contribution in [0, 0.1) is 6.92 Å². The largest absolute Gasteiger partial charge is 0.383 e. The van der Waals surface area contributed by atoms with Crippen LogP contribution in [-0.2, 0) is 4.74 Å². The lowest BCUT2D eigenvalue weighted by atomic mass is 10.2. The van der Waals surface area contributed by atoms with Gasteiger partial charge in [0, 0.05) is 25.2 Å². The fourth-order valence-corrected chi connectivity index (χ4v) is 1.92. The summed E-state index contributed by atoms with van der Waals surface area (Å²) in [7, 11) is 1.71. The highest BCUT2D eigenvalue weighted by molar-refractivity contribution is 5.58. The summed E-state index contributed by atoms with van der Waals surface area (Å²) in [4.78, 5) is 4.35. The normalized spacial score (nSPS) is 12.4. The quantitative estimate of drug-likeness (QED) is 0.879. The van der Waals surface area contributed by atoms with E-state index in [1.54, 1.807) is 13.3 Å². The van der Waals surface area contributed by atoms with Crippen molar-refractivity contribution in [1.82, 2.24) is 9.55 Å². The van der Waals surface area contributed by atoms with E-state index in [9.17, 15) is 0 Å². The molecule has 0 radical (unpaired) electrons. The van der Waals surface area contributed by atoms with Crippen LogP contribution in [0.25, 0.3) is 0 Å². The molecule has 96 valence electrons. The number of hydrogen-bond donors (Lipinski definition) is 1. The number of rotatable bonds is 5. The third-order valence-electron chi connectivity index (χ3n) is 2.94. The van der Waals surface area contributed by atoms with Gasteiger partial charge in [0.1, 0.15) is 0 Å². The highest BCUT2D eigenvalue weighted by atomic mass is 16.5. The Morgan fingerprint density at radius 3 is 2.89 bits per heavy atom. The predicted octanol–water partition coefficient (Wildman–Crippen LogP) is 3.14. The van der Waals surface area contributed by atoms with Gasteiger partial charge in [0.15, 0.2) is 0 Å². The molecular formula is C14H19N3O. The number of ether oxygens (including phenoxy) is 1. The molecule has 1 atom stereocenters. The lowest BCUT2D eigenvalue weighted by Gasteiger charge is -2.16. The minimum atomic E-state index is 0.254. The molecule has 1 aromatic carbocycles. The number of para-hydroxylation sites is 1. The molecular weight excluding hydrogens is 226 g/mol. The van der Waals surface area contributed by atoms with E-state index in [1.807, 2.05) is 18.3 Å². The first-order valence-corrected chi connectivity index (χ1v) is 6.07. The number of nitrogens with one attached hydrogen (secondary N) is 1. The molecule has 1 unspecified atom stereocenters. The summed E-state index contributed by atoms with van der Waals surface area (Å²) in [6.45, 7) is 4.85. The summed E-state index contributed by atoms with van der Waals surface area (Å²) >= 11 is 0. The van der Waals surface area contributed by atoms with Gasteiger partial charge in [-0.25, -0.2) is 4.98 Å². The molecule has 18 heavy (non-hydrogen) atoms. The molecule has 2 rings (SSSR count). The Hall–Kier alpha value is -1.81. The Labute approximate surface area is 108 Å². The van der Waals surface area contributed by atoms with E-state index in [4.69, 9.17) is 4.74 Å². The first-order chi connectivity index (χ1) is 8.72. The Kier molecular flexibility index (Phi) is 3.99. The maximum absolute atomic E-state index is 5.18. The molecule has 1 aromatic heterocycles. The van der Waals surface area contributed by atoms with E-state index in [2.05, 4.69) is 40.8 Å². The summed E-state index contributed by atoms with van der Waals surface area (Å²) in [5.74, 6) is 0.842. The van der Waals surface area contributed by atoms with Crippen molar-refractivity contribution in [2.75, 3.05) is 19.0 Å². The van der Waals surface area contributed by atoms with Gasteiger partial charge >= 0.3 is 0 Å². The van der Waals surface area contributed by atoms with E-state index in [-0.39, 0.29) is 6.04 Å². The third-order valence-corrected chi connectivity index (χ3v) is 2.94. The lowest BCUT2D eigenvalue weighted by molar-refractivity contribution is 0.163. The average molecular weight is 245 g/mol. The molecule has 1 N–H and O–H groups in total. The maximum Gasteiger partial charge on any atom is 0.207 e. The third kappa shape index (κ3) is 2.71. The molecule has 4 heteroatoms. The standard InChI is InChI=1S/C14H19N3O/c1-11-6-4-5-7-13(11)16-14-15-8-9-17(14)12(2)10-18-3/h4-9,12H,10H2,1-3H3,(H,15,16). The maximum atomic E-state index is 5.18. The van der Waals surface area contributed by atoms with Crippen molar-refractivity contribution in [3.8, 4) is 0 Å². The van der Waals surface area contributed by atoms with E-state index >= 15 is 0 Å². The van der Waals surface area contributed by atoms with Gasteiger partial charge in [0.05, 0.1) is 12.6 Å². The SMILES string of the molecule is COCC(C)n1ccnc1Nc1ccccc1C. The van der Waals surface area contributed by atoms with E-state index in [0.717, 1.165) is 11.6 Å². The summed E-state index contributed by atoms with van der Waals surface area (Å²) in [5, 5.41) is 3.36. The Morgan fingerprint density at radius 2 is 2.17 bits per heavy atom. The molecule has 0 aliphatic heterocycles. The van der Waals surface area contributed by atoms with Gasteiger partial charge < -0.3 is 14.6 Å². The first-order valence-electron chi connectivity index (χ1n) is 6.07. The second-order valence-corrected chi connectivity index (χ2v) is 4.40. The van der Waals surface area contributed by atoms with Crippen LogP contribution in [0.5, 0.6) is 0 Å². The van der Waals surface area contributed by atoms with E-state index < -0.39 is 0 Å². The number of hydrogen-bond acceptors (Lipinski definition) is 3. The van der Waals surface area contributed by atoms with Crippen molar-refractivity contribution < 1.29 is 4.74 Å². The number of imidazole rings is 1. The molecule has 4 nitrogen and oxygen atoms in total. The number of methoxy groups -OCH3 is 1. The summed E-state index contributed by atoms with van der Waals surface area (Å²) in [6, 6.07) is 8.43. The van der Waals surface area contributed by atoms with Crippen LogP contribution in [0.15, 0.2) is 36.7 Å². The van der Waals surface area contributed by atoms with Crippen LogP contribution in [0.3, 0.4) is 0 Å². The average Bonchev–Trinajstić information content (AvgIpc) is 2.81. The molecule has 0 fully saturated rings. The van der Waals surface area contributed by atoms with Gasteiger partial charge in [-0.15, -0.1) is 0 Å². The smallest absolute Gasteiger partial charge is 0.207 e. The Balaban J connectivity index is 2.20. The molecule has 0 saturated carbocycles. The van der Waals surface area contributed by atoms with Crippen LogP contribution in [0.2, 0.25) is 0 Å². The second kappa shape index (κ2) is 5.69. The monoisotopic (exact) mass is 245 g/mol. The number of anilines is 2. The molecule has 0 amide bonds. The van der Waals surface area contributed by atoms with Crippen molar-refractivity contribution in [1.29, 1.82) is 0 Å². The summed E-state index contributed by atoms with van der Waals surface area (Å²) in [6.07, 6.45) is 3.76. The Bertz CT molecular complexity index is 507. The zero-order valence-corrected chi connectivity index (χ0v) is 11.1. The number of benzene rings is 1. The lowest BCUT2D eigenvalue weighted by Crippen LogP contribution is -2.13. The van der Waals surface area contributed by atoms with Crippen molar-refractivity contribution in [3.05, 3.63) is 42.2 Å². The number of nitrogens with zero attached hydrogens (tertiary/aromatic N) is 2. The predicted molar refractivity (Wildman–Crippen MR) is 73.3 cm³/mol. The zero-order valence-electron chi connectivity index (χ0n) is 11.1. The van der Waals surface area contributed by atoms with Gasteiger partial charge in [0.25, 0.3) is 0 Å². The highest BCUT2D eigenvalue weighted by Crippen LogP contribution is 2.21. The van der Waals surface area contributed by atoms with Gasteiger partial charge in [-0.2, -0.15) is 0 Å². The summed E-state index contributed by atoms with van der Waals surface area (Å²) in [5.41, 5.74) is 2.28. The molecule has 0 aliphatic carbocycles.